The summed E-state index contributed by atoms with van der Waals surface area (Å²) in [7, 11) is 1.58. The number of carbonyl (C=O) groups is 3. The molecular formula is C28H39N3O5. The molecule has 0 aromatic heterocycles. The molecule has 2 aromatic carbocycles. The zero-order valence-electron chi connectivity index (χ0n) is 22.4. The van der Waals surface area contributed by atoms with Crippen molar-refractivity contribution in [1.82, 2.24) is 10.2 Å². The number of anilines is 1. The Balaban J connectivity index is 2.41. The summed E-state index contributed by atoms with van der Waals surface area (Å²) in [5.74, 6) is -0.0293. The van der Waals surface area contributed by atoms with Crippen molar-refractivity contribution >= 4 is 23.6 Å². The second-order valence-corrected chi connectivity index (χ2v) is 9.72. The second-order valence-electron chi connectivity index (χ2n) is 9.72. The van der Waals surface area contributed by atoms with Gasteiger partial charge in [-0.15, -0.1) is 0 Å². The number of hydrogen-bond donors (Lipinski definition) is 2. The van der Waals surface area contributed by atoms with Crippen LogP contribution in [0.15, 0.2) is 42.5 Å². The first-order valence-corrected chi connectivity index (χ1v) is 12.2. The maximum atomic E-state index is 13.8. The summed E-state index contributed by atoms with van der Waals surface area (Å²) in [6, 6.07) is 11.9. The minimum absolute atomic E-state index is 0.282. The van der Waals surface area contributed by atoms with E-state index in [0.717, 1.165) is 23.1 Å². The molecule has 36 heavy (non-hydrogen) atoms. The van der Waals surface area contributed by atoms with Crippen LogP contribution in [0.2, 0.25) is 0 Å². The van der Waals surface area contributed by atoms with Gasteiger partial charge < -0.3 is 25.0 Å². The number of hydrogen-bond acceptors (Lipinski definition) is 5. The summed E-state index contributed by atoms with van der Waals surface area (Å²) in [6.07, 6.45) is 0.857. The third-order valence-electron chi connectivity index (χ3n) is 5.59. The Morgan fingerprint density at radius 2 is 1.61 bits per heavy atom. The molecule has 0 aliphatic rings. The van der Waals surface area contributed by atoms with E-state index in [9.17, 15) is 14.4 Å². The summed E-state index contributed by atoms with van der Waals surface area (Å²) in [6.45, 7) is 11.2. The fraction of sp³-hybridized carbons (Fsp3) is 0.464. The lowest BCUT2D eigenvalue weighted by atomic mass is 9.93. The van der Waals surface area contributed by atoms with Gasteiger partial charge in [-0.1, -0.05) is 31.5 Å². The minimum Gasteiger partial charge on any atom is -0.497 e. The van der Waals surface area contributed by atoms with Crippen LogP contribution in [0.25, 0.3) is 0 Å². The number of alkyl carbamates (subject to hydrolysis) is 1. The maximum absolute atomic E-state index is 13.8. The highest BCUT2D eigenvalue weighted by Crippen LogP contribution is 2.30. The number of nitrogens with one attached hydrogen (secondary N) is 2. The van der Waals surface area contributed by atoms with Crippen LogP contribution in [-0.4, -0.2) is 48.6 Å². The van der Waals surface area contributed by atoms with Crippen molar-refractivity contribution in [3.63, 3.8) is 0 Å². The Labute approximate surface area is 214 Å². The van der Waals surface area contributed by atoms with Gasteiger partial charge in [0.15, 0.2) is 0 Å². The molecule has 196 valence electrons. The number of methoxy groups -OCH3 is 1. The number of unbranched alkanes of at least 4 members (excludes halogenated alkanes) is 1. The number of rotatable bonds is 10. The van der Waals surface area contributed by atoms with Gasteiger partial charge in [-0.25, -0.2) is 4.79 Å². The quantitative estimate of drug-likeness (QED) is 0.473. The predicted octanol–water partition coefficient (Wildman–Crippen LogP) is 5.15. The summed E-state index contributed by atoms with van der Waals surface area (Å²) < 4.78 is 10.5. The number of nitrogens with zero attached hydrogens (tertiary/aromatic N) is 1. The first kappa shape index (κ1) is 28.7. The summed E-state index contributed by atoms with van der Waals surface area (Å²) in [4.78, 5) is 40.9. The minimum atomic E-state index is -0.882. The van der Waals surface area contributed by atoms with Crippen molar-refractivity contribution in [2.45, 2.75) is 66.0 Å². The molecule has 2 N–H and O–H groups in total. The standard InChI is InChI=1S/C28H39N3O5/c1-8-9-17-31(23(32)18-29-27(34)36-28(4,5)6)25(24-19(2)11-10-12-20(24)3)26(33)30-21-13-15-22(35-7)16-14-21/h10-16,25H,8-9,17-18H2,1-7H3,(H,29,34)(H,30,33). The van der Waals surface area contributed by atoms with Gasteiger partial charge in [0.05, 0.1) is 7.11 Å². The van der Waals surface area contributed by atoms with E-state index in [2.05, 4.69) is 10.6 Å². The third-order valence-corrected chi connectivity index (χ3v) is 5.59. The normalized spacial score (nSPS) is 11.9. The molecule has 1 atom stereocenters. The molecule has 0 saturated heterocycles. The Morgan fingerprint density at radius 3 is 2.14 bits per heavy atom. The molecule has 0 spiro atoms. The van der Waals surface area contributed by atoms with Crippen LogP contribution >= 0.6 is 0 Å². The van der Waals surface area contributed by atoms with Crippen molar-refractivity contribution in [3.05, 3.63) is 59.2 Å². The number of aryl methyl sites for hydroxylation is 2. The molecule has 2 aromatic rings. The molecular weight excluding hydrogens is 458 g/mol. The molecule has 0 heterocycles. The van der Waals surface area contributed by atoms with Crippen LogP contribution in [0.3, 0.4) is 0 Å². The maximum Gasteiger partial charge on any atom is 0.408 e. The van der Waals surface area contributed by atoms with Crippen LogP contribution in [-0.2, 0) is 14.3 Å². The second kappa shape index (κ2) is 13.0. The molecule has 0 saturated carbocycles. The molecule has 0 aliphatic heterocycles. The molecule has 0 aliphatic carbocycles. The SMILES string of the molecule is CCCCN(C(=O)CNC(=O)OC(C)(C)C)C(C(=O)Nc1ccc(OC)cc1)c1c(C)cccc1C. The zero-order valence-corrected chi connectivity index (χ0v) is 22.4. The van der Waals surface area contributed by atoms with E-state index in [1.807, 2.05) is 39.0 Å². The van der Waals surface area contributed by atoms with Gasteiger partial charge >= 0.3 is 6.09 Å². The van der Waals surface area contributed by atoms with Crippen LogP contribution < -0.4 is 15.4 Å². The number of amides is 3. The van der Waals surface area contributed by atoms with Crippen LogP contribution in [0, 0.1) is 13.8 Å². The van der Waals surface area contributed by atoms with Gasteiger partial charge in [-0.05, 0) is 82.0 Å². The van der Waals surface area contributed by atoms with Crippen molar-refractivity contribution in [1.29, 1.82) is 0 Å². The fourth-order valence-corrected chi connectivity index (χ4v) is 3.86. The van der Waals surface area contributed by atoms with Crippen molar-refractivity contribution in [2.75, 3.05) is 25.5 Å². The lowest BCUT2D eigenvalue weighted by Crippen LogP contribution is -2.47. The largest absolute Gasteiger partial charge is 0.497 e. The lowest BCUT2D eigenvalue weighted by Gasteiger charge is -2.33. The molecule has 8 nitrogen and oxygen atoms in total. The van der Waals surface area contributed by atoms with Gasteiger partial charge in [0, 0.05) is 12.2 Å². The number of ether oxygens (including phenoxy) is 2. The molecule has 8 heteroatoms. The van der Waals surface area contributed by atoms with E-state index in [1.165, 1.54) is 0 Å². The van der Waals surface area contributed by atoms with Gasteiger partial charge in [-0.2, -0.15) is 0 Å². The third kappa shape index (κ3) is 8.29. The predicted molar refractivity (Wildman–Crippen MR) is 141 cm³/mol. The highest BCUT2D eigenvalue weighted by atomic mass is 16.6. The molecule has 3 amide bonds. The average molecular weight is 498 g/mol. The van der Waals surface area contributed by atoms with E-state index in [-0.39, 0.29) is 18.4 Å². The van der Waals surface area contributed by atoms with Crippen LogP contribution in [0.4, 0.5) is 10.5 Å². The Kier molecular flexibility index (Phi) is 10.3. The summed E-state index contributed by atoms with van der Waals surface area (Å²) >= 11 is 0. The molecule has 0 radical (unpaired) electrons. The van der Waals surface area contributed by atoms with E-state index >= 15 is 0 Å². The van der Waals surface area contributed by atoms with Gasteiger partial charge in [0.1, 0.15) is 23.9 Å². The van der Waals surface area contributed by atoms with Gasteiger partial charge in [0.2, 0.25) is 5.91 Å². The van der Waals surface area contributed by atoms with E-state index in [4.69, 9.17) is 9.47 Å². The molecule has 0 fully saturated rings. The summed E-state index contributed by atoms with van der Waals surface area (Å²) in [5, 5.41) is 5.49. The molecule has 1 unspecified atom stereocenters. The first-order chi connectivity index (χ1) is 17.0. The average Bonchev–Trinajstić information content (AvgIpc) is 2.80. The van der Waals surface area contributed by atoms with Gasteiger partial charge in [-0.3, -0.25) is 9.59 Å². The molecule has 2 rings (SSSR count). The zero-order chi connectivity index (χ0) is 26.9. The van der Waals surface area contributed by atoms with Crippen molar-refractivity contribution < 1.29 is 23.9 Å². The highest BCUT2D eigenvalue weighted by molar-refractivity contribution is 5.98. The lowest BCUT2D eigenvalue weighted by molar-refractivity contribution is -0.138. The monoisotopic (exact) mass is 497 g/mol. The van der Waals surface area contributed by atoms with Crippen LogP contribution in [0.1, 0.15) is 63.3 Å². The Hall–Kier alpha value is -3.55. The smallest absolute Gasteiger partial charge is 0.408 e. The Bertz CT molecular complexity index is 1020. The Morgan fingerprint density at radius 1 is 1.00 bits per heavy atom. The van der Waals surface area contributed by atoms with Gasteiger partial charge in [0.25, 0.3) is 5.91 Å². The highest BCUT2D eigenvalue weighted by Gasteiger charge is 2.33. The molecule has 0 bridgehead atoms. The van der Waals surface area contributed by atoms with Crippen molar-refractivity contribution in [2.24, 2.45) is 0 Å². The topological polar surface area (TPSA) is 97.0 Å². The van der Waals surface area contributed by atoms with E-state index in [1.54, 1.807) is 57.0 Å². The van der Waals surface area contributed by atoms with E-state index in [0.29, 0.717) is 24.4 Å². The number of benzene rings is 2. The van der Waals surface area contributed by atoms with E-state index < -0.39 is 17.7 Å². The fourth-order valence-electron chi connectivity index (χ4n) is 3.86. The van der Waals surface area contributed by atoms with Crippen LogP contribution in [0.5, 0.6) is 5.75 Å². The number of carbonyl (C=O) groups excluding carboxylic acids is 3. The first-order valence-electron chi connectivity index (χ1n) is 12.2. The van der Waals surface area contributed by atoms with Crippen molar-refractivity contribution in [3.8, 4) is 5.75 Å². The summed E-state index contributed by atoms with van der Waals surface area (Å²) in [5.41, 5.74) is 2.48.